The second-order valence-electron chi connectivity index (χ2n) is 7.73. The third kappa shape index (κ3) is 4.69. The van der Waals surface area contributed by atoms with Crippen molar-refractivity contribution in [2.45, 2.75) is 0 Å². The van der Waals surface area contributed by atoms with E-state index in [0.29, 0.717) is 22.9 Å². The first-order chi connectivity index (χ1) is 14.1. The summed E-state index contributed by atoms with van der Waals surface area (Å²) in [4.78, 5) is 17.8. The van der Waals surface area contributed by atoms with Crippen LogP contribution in [0, 0.1) is 0 Å². The van der Waals surface area contributed by atoms with Gasteiger partial charge in [-0.3, -0.25) is 0 Å². The van der Waals surface area contributed by atoms with E-state index in [0.717, 1.165) is 22.7 Å². The first-order valence-corrected chi connectivity index (χ1v) is 9.66. The molecule has 0 fully saturated rings. The maximum Gasteiger partial charge on any atom is 0.200 e. The molecule has 164 valence electrons. The van der Waals surface area contributed by atoms with Gasteiger partial charge in [-0.15, -0.1) is 0 Å². The van der Waals surface area contributed by atoms with E-state index in [1.54, 1.807) is 14.2 Å². The van der Waals surface area contributed by atoms with Gasteiger partial charge in [-0.2, -0.15) is 0 Å². The van der Waals surface area contributed by atoms with Crippen LogP contribution < -0.4 is 9.47 Å². The average molecular weight is 415 g/mol. The van der Waals surface area contributed by atoms with E-state index in [1.165, 1.54) is 0 Å². The largest absolute Gasteiger partial charge is 0.494 e. The van der Waals surface area contributed by atoms with Crippen molar-refractivity contribution in [3.05, 3.63) is 24.3 Å². The molecular weight excluding hydrogens is 380 g/mol. The Kier molecular flexibility index (Phi) is 7.37. The predicted octanol–water partition coefficient (Wildman–Crippen LogP) is 3.08. The van der Waals surface area contributed by atoms with E-state index < -0.39 is 0 Å². The van der Waals surface area contributed by atoms with Crippen LogP contribution in [0.3, 0.4) is 0 Å². The van der Waals surface area contributed by atoms with Crippen LogP contribution in [-0.4, -0.2) is 102 Å². The summed E-state index contributed by atoms with van der Waals surface area (Å²) >= 11 is 0. The smallest absolute Gasteiger partial charge is 0.200 e. The molecule has 30 heavy (non-hydrogen) atoms. The fourth-order valence-corrected chi connectivity index (χ4v) is 3.29. The van der Waals surface area contributed by atoms with E-state index in [2.05, 4.69) is 0 Å². The third-order valence-corrected chi connectivity index (χ3v) is 4.52. The normalized spacial score (nSPS) is 10.3. The maximum absolute atomic E-state index is 5.69. The van der Waals surface area contributed by atoms with Crippen molar-refractivity contribution >= 4 is 34.1 Å². The van der Waals surface area contributed by atoms with Crippen LogP contribution in [0.25, 0.3) is 10.8 Å². The molecule has 0 radical (unpaired) electrons. The summed E-state index contributed by atoms with van der Waals surface area (Å²) < 4.78 is 11.4. The molecule has 0 aliphatic heterocycles. The number of aliphatic imine (C=N–C) groups is 2. The van der Waals surface area contributed by atoms with Crippen molar-refractivity contribution in [3.8, 4) is 11.5 Å². The second kappa shape index (κ2) is 9.56. The Hall–Kier alpha value is -3.16. The van der Waals surface area contributed by atoms with Gasteiger partial charge in [-0.1, -0.05) is 12.1 Å². The van der Waals surface area contributed by atoms with Crippen LogP contribution in [0.5, 0.6) is 11.5 Å². The Morgan fingerprint density at radius 3 is 1.20 bits per heavy atom. The number of guanidine groups is 2. The zero-order valence-electron chi connectivity index (χ0n) is 19.8. The lowest BCUT2D eigenvalue weighted by Gasteiger charge is -2.24. The summed E-state index contributed by atoms with van der Waals surface area (Å²) in [5, 5.41) is 1.87. The van der Waals surface area contributed by atoms with Crippen molar-refractivity contribution in [1.82, 2.24) is 19.6 Å². The molecule has 0 amide bonds. The quantitative estimate of drug-likeness (QED) is 0.566. The summed E-state index contributed by atoms with van der Waals surface area (Å²) in [6.45, 7) is 0. The first kappa shape index (κ1) is 23.1. The van der Waals surface area contributed by atoms with Crippen LogP contribution in [0.1, 0.15) is 0 Å². The number of fused-ring (bicyclic) bond motifs is 1. The maximum atomic E-state index is 5.69. The number of hydrogen-bond donors (Lipinski definition) is 0. The number of rotatable bonds is 4. The molecule has 8 nitrogen and oxygen atoms in total. The van der Waals surface area contributed by atoms with E-state index >= 15 is 0 Å². The Balaban J connectivity index is 3.03. The second-order valence-corrected chi connectivity index (χ2v) is 7.73. The molecule has 0 spiro atoms. The van der Waals surface area contributed by atoms with Gasteiger partial charge in [-0.25, -0.2) is 9.98 Å². The summed E-state index contributed by atoms with van der Waals surface area (Å²) in [6.07, 6.45) is 0. The molecular formula is C22H34N6O2. The van der Waals surface area contributed by atoms with Crippen molar-refractivity contribution in [2.75, 3.05) is 70.6 Å². The Labute approximate surface area is 180 Å². The van der Waals surface area contributed by atoms with Gasteiger partial charge in [0.15, 0.2) is 0 Å². The minimum absolute atomic E-state index is 0.671. The van der Waals surface area contributed by atoms with Crippen molar-refractivity contribution in [2.24, 2.45) is 9.98 Å². The van der Waals surface area contributed by atoms with E-state index in [4.69, 9.17) is 19.5 Å². The highest BCUT2D eigenvalue weighted by atomic mass is 16.5. The van der Waals surface area contributed by atoms with Gasteiger partial charge in [-0.05, 0) is 17.5 Å². The Bertz CT molecular complexity index is 856. The monoisotopic (exact) mass is 414 g/mol. The first-order valence-electron chi connectivity index (χ1n) is 9.66. The van der Waals surface area contributed by atoms with Gasteiger partial charge >= 0.3 is 0 Å². The molecule has 2 aromatic rings. The van der Waals surface area contributed by atoms with E-state index in [1.807, 2.05) is 100 Å². The molecule has 0 saturated heterocycles. The molecule has 0 aliphatic carbocycles. The predicted molar refractivity (Wildman–Crippen MR) is 126 cm³/mol. The molecule has 2 rings (SSSR count). The number of hydrogen-bond acceptors (Lipinski definition) is 4. The Morgan fingerprint density at radius 1 is 0.600 bits per heavy atom. The van der Waals surface area contributed by atoms with Crippen molar-refractivity contribution in [1.29, 1.82) is 0 Å². The standard InChI is InChI=1S/C22H34N6O2/c1-25(2)21(26(3)4)23-19-16(29-9)13-11-15-12-14-17(30-10)20(18(15)19)24-22(27(5)6)28(7)8/h11-14H,1-10H3. The minimum Gasteiger partial charge on any atom is -0.494 e. The summed E-state index contributed by atoms with van der Waals surface area (Å²) in [6, 6.07) is 7.90. The van der Waals surface area contributed by atoms with Crippen LogP contribution in [0.2, 0.25) is 0 Å². The van der Waals surface area contributed by atoms with Crippen molar-refractivity contribution < 1.29 is 9.47 Å². The van der Waals surface area contributed by atoms with E-state index in [-0.39, 0.29) is 0 Å². The molecule has 0 bridgehead atoms. The Morgan fingerprint density at radius 2 is 0.933 bits per heavy atom. The van der Waals surface area contributed by atoms with Crippen LogP contribution in [-0.2, 0) is 0 Å². The summed E-state index contributed by atoms with van der Waals surface area (Å²) in [5.74, 6) is 2.92. The highest BCUT2D eigenvalue weighted by molar-refractivity contribution is 6.08. The number of methoxy groups -OCH3 is 2. The van der Waals surface area contributed by atoms with Crippen LogP contribution in [0.15, 0.2) is 34.3 Å². The lowest BCUT2D eigenvalue weighted by atomic mass is 10.1. The molecule has 0 heterocycles. The van der Waals surface area contributed by atoms with Crippen LogP contribution in [0.4, 0.5) is 11.4 Å². The zero-order valence-corrected chi connectivity index (χ0v) is 19.8. The highest BCUT2D eigenvalue weighted by Crippen LogP contribution is 2.45. The number of benzene rings is 2. The van der Waals surface area contributed by atoms with Crippen molar-refractivity contribution in [3.63, 3.8) is 0 Å². The summed E-state index contributed by atoms with van der Waals surface area (Å²) in [7, 11) is 19.0. The number of ether oxygens (including phenoxy) is 2. The van der Waals surface area contributed by atoms with E-state index in [9.17, 15) is 0 Å². The fraction of sp³-hybridized carbons (Fsp3) is 0.455. The molecule has 8 heteroatoms. The molecule has 0 aliphatic rings. The van der Waals surface area contributed by atoms with Gasteiger partial charge in [0, 0.05) is 61.8 Å². The van der Waals surface area contributed by atoms with Gasteiger partial charge in [0.1, 0.15) is 22.9 Å². The highest BCUT2D eigenvalue weighted by Gasteiger charge is 2.19. The summed E-state index contributed by atoms with van der Waals surface area (Å²) in [5.41, 5.74) is 1.42. The van der Waals surface area contributed by atoms with Gasteiger partial charge in [0.2, 0.25) is 11.9 Å². The third-order valence-electron chi connectivity index (χ3n) is 4.52. The van der Waals surface area contributed by atoms with Gasteiger partial charge < -0.3 is 29.1 Å². The number of nitrogens with zero attached hydrogens (tertiary/aromatic N) is 6. The lowest BCUT2D eigenvalue weighted by Crippen LogP contribution is -2.35. The molecule has 0 aromatic heterocycles. The molecule has 0 N–H and O–H groups in total. The van der Waals surface area contributed by atoms with Gasteiger partial charge in [0.25, 0.3) is 0 Å². The lowest BCUT2D eigenvalue weighted by molar-refractivity contribution is 0.414. The molecule has 2 aromatic carbocycles. The SMILES string of the molecule is COc1ccc2ccc(OC)c(N=C(N(C)C)N(C)C)c2c1N=C(N(C)C)N(C)C. The van der Waals surface area contributed by atoms with Crippen LogP contribution >= 0.6 is 0 Å². The van der Waals surface area contributed by atoms with Gasteiger partial charge in [0.05, 0.1) is 14.2 Å². The minimum atomic E-state index is 0.671. The molecule has 0 saturated carbocycles. The average Bonchev–Trinajstić information content (AvgIpc) is 2.68. The zero-order chi connectivity index (χ0) is 22.6. The fourth-order valence-electron chi connectivity index (χ4n) is 3.29. The molecule has 0 unspecified atom stereocenters. The topological polar surface area (TPSA) is 56.1 Å². The molecule has 0 atom stereocenters.